The SMILES string of the molecule is C=c1c(C#N)c(O)n(CCc2ccccc2)c(=O)c1=Cc1ccc2c(c1)c1cc(C(C)=O)ccc1n2CC. The molecule has 3 aromatic carbocycles. The van der Waals surface area contributed by atoms with Crippen molar-refractivity contribution in [3.05, 3.63) is 110 Å². The molecule has 0 amide bonds. The van der Waals surface area contributed by atoms with Crippen LogP contribution in [-0.2, 0) is 19.5 Å². The first-order chi connectivity index (χ1) is 18.3. The second kappa shape index (κ2) is 9.87. The van der Waals surface area contributed by atoms with Gasteiger partial charge in [-0.25, -0.2) is 0 Å². The van der Waals surface area contributed by atoms with Crippen LogP contribution in [0, 0.1) is 11.3 Å². The van der Waals surface area contributed by atoms with Crippen molar-refractivity contribution in [1.29, 1.82) is 5.26 Å². The molecule has 5 aromatic rings. The fourth-order valence-corrected chi connectivity index (χ4v) is 5.07. The second-order valence-corrected chi connectivity index (χ2v) is 9.35. The molecule has 0 aliphatic carbocycles. The van der Waals surface area contributed by atoms with Crippen molar-refractivity contribution in [3.8, 4) is 11.9 Å². The Hall–Kier alpha value is -4.89. The monoisotopic (exact) mass is 501 g/mol. The van der Waals surface area contributed by atoms with Gasteiger partial charge in [-0.15, -0.1) is 0 Å². The van der Waals surface area contributed by atoms with Crippen molar-refractivity contribution >= 4 is 40.2 Å². The Balaban J connectivity index is 1.71. The summed E-state index contributed by atoms with van der Waals surface area (Å²) in [7, 11) is 0. The first-order valence-electron chi connectivity index (χ1n) is 12.5. The maximum absolute atomic E-state index is 13.5. The number of fused-ring (bicyclic) bond motifs is 3. The Labute approximate surface area is 219 Å². The van der Waals surface area contributed by atoms with E-state index in [4.69, 9.17) is 0 Å². The molecule has 2 heterocycles. The molecule has 0 aliphatic heterocycles. The number of ketones is 1. The molecule has 0 saturated carbocycles. The number of aromatic nitrogens is 2. The van der Waals surface area contributed by atoms with Crippen molar-refractivity contribution in [2.75, 3.05) is 0 Å². The summed E-state index contributed by atoms with van der Waals surface area (Å²) in [6.45, 7) is 8.57. The van der Waals surface area contributed by atoms with Crippen molar-refractivity contribution < 1.29 is 9.90 Å². The molecule has 5 rings (SSSR count). The number of hydrogen-bond donors (Lipinski definition) is 1. The molecule has 2 aromatic heterocycles. The van der Waals surface area contributed by atoms with E-state index in [-0.39, 0.29) is 34.2 Å². The van der Waals surface area contributed by atoms with Crippen LogP contribution in [0.3, 0.4) is 0 Å². The summed E-state index contributed by atoms with van der Waals surface area (Å²) in [5, 5.41) is 22.9. The average Bonchev–Trinajstić information content (AvgIpc) is 3.24. The van der Waals surface area contributed by atoms with Crippen LogP contribution >= 0.6 is 0 Å². The summed E-state index contributed by atoms with van der Waals surface area (Å²) in [4.78, 5) is 25.6. The summed E-state index contributed by atoms with van der Waals surface area (Å²) in [6, 6.07) is 23.3. The number of nitriles is 1. The highest BCUT2D eigenvalue weighted by molar-refractivity contribution is 6.11. The topological polar surface area (TPSA) is 88.0 Å². The number of nitrogens with zero attached hydrogens (tertiary/aromatic N) is 3. The first-order valence-corrected chi connectivity index (χ1v) is 12.5. The van der Waals surface area contributed by atoms with Crippen LogP contribution in [0.4, 0.5) is 0 Å². The third-order valence-corrected chi connectivity index (χ3v) is 7.08. The van der Waals surface area contributed by atoms with E-state index in [9.17, 15) is 20.0 Å². The zero-order chi connectivity index (χ0) is 27.0. The average molecular weight is 502 g/mol. The summed E-state index contributed by atoms with van der Waals surface area (Å²) < 4.78 is 3.43. The van der Waals surface area contributed by atoms with Gasteiger partial charge >= 0.3 is 0 Å². The Morgan fingerprint density at radius 3 is 2.37 bits per heavy atom. The fourth-order valence-electron chi connectivity index (χ4n) is 5.07. The van der Waals surface area contributed by atoms with Gasteiger partial charge in [-0.1, -0.05) is 43.0 Å². The van der Waals surface area contributed by atoms with Gasteiger partial charge in [0.05, 0.1) is 0 Å². The smallest absolute Gasteiger partial charge is 0.261 e. The summed E-state index contributed by atoms with van der Waals surface area (Å²) >= 11 is 0. The van der Waals surface area contributed by atoms with Gasteiger partial charge in [0.2, 0.25) is 5.88 Å². The molecule has 1 N–H and O–H groups in total. The van der Waals surface area contributed by atoms with E-state index in [2.05, 4.69) is 18.1 Å². The first kappa shape index (κ1) is 24.8. The van der Waals surface area contributed by atoms with Gasteiger partial charge in [0.1, 0.15) is 11.6 Å². The molecule has 0 aliphatic rings. The van der Waals surface area contributed by atoms with Gasteiger partial charge in [-0.2, -0.15) is 5.26 Å². The predicted molar refractivity (Wildman–Crippen MR) is 151 cm³/mol. The number of carbonyl (C=O) groups is 1. The number of hydrogen-bond acceptors (Lipinski definition) is 4. The maximum atomic E-state index is 13.5. The van der Waals surface area contributed by atoms with Gasteiger partial charge in [0, 0.05) is 50.9 Å². The van der Waals surface area contributed by atoms with Crippen LogP contribution in [0.25, 0.3) is 34.5 Å². The minimum absolute atomic E-state index is 0.00195. The van der Waals surface area contributed by atoms with Gasteiger partial charge < -0.3 is 9.67 Å². The molecule has 0 fully saturated rings. The minimum Gasteiger partial charge on any atom is -0.493 e. The molecule has 6 nitrogen and oxygen atoms in total. The Morgan fingerprint density at radius 2 is 1.71 bits per heavy atom. The van der Waals surface area contributed by atoms with E-state index >= 15 is 0 Å². The highest BCUT2D eigenvalue weighted by atomic mass is 16.3. The van der Waals surface area contributed by atoms with E-state index in [1.165, 1.54) is 4.57 Å². The largest absolute Gasteiger partial charge is 0.493 e. The molecule has 0 unspecified atom stereocenters. The third kappa shape index (κ3) is 4.18. The summed E-state index contributed by atoms with van der Waals surface area (Å²) in [5.74, 6) is -0.369. The zero-order valence-corrected chi connectivity index (χ0v) is 21.4. The fraction of sp³-hybridized carbons (Fsp3) is 0.156. The Bertz CT molecular complexity index is 1940. The second-order valence-electron chi connectivity index (χ2n) is 9.35. The lowest BCUT2D eigenvalue weighted by molar-refractivity contribution is 0.101. The van der Waals surface area contributed by atoms with E-state index in [1.807, 2.05) is 72.8 Å². The predicted octanol–water partition coefficient (Wildman–Crippen LogP) is 4.24. The molecule has 38 heavy (non-hydrogen) atoms. The van der Waals surface area contributed by atoms with Gasteiger partial charge in [0.25, 0.3) is 5.56 Å². The summed E-state index contributed by atoms with van der Waals surface area (Å²) in [5.41, 5.74) is 4.05. The molecular formula is C32H27N3O3. The molecular weight excluding hydrogens is 474 g/mol. The van der Waals surface area contributed by atoms with Crippen molar-refractivity contribution in [2.24, 2.45) is 0 Å². The molecule has 188 valence electrons. The highest BCUT2D eigenvalue weighted by Gasteiger charge is 2.15. The Kier molecular flexibility index (Phi) is 6.44. The van der Waals surface area contributed by atoms with Crippen LogP contribution in [-0.4, -0.2) is 20.0 Å². The molecule has 0 bridgehead atoms. The number of benzene rings is 3. The summed E-state index contributed by atoms with van der Waals surface area (Å²) in [6.07, 6.45) is 2.24. The molecule has 6 heteroatoms. The normalized spacial score (nSPS) is 11.8. The van der Waals surface area contributed by atoms with E-state index < -0.39 is 5.56 Å². The molecule has 0 saturated heterocycles. The van der Waals surface area contributed by atoms with E-state index in [0.717, 1.165) is 39.5 Å². The van der Waals surface area contributed by atoms with Crippen LogP contribution < -0.4 is 16.0 Å². The number of carbonyl (C=O) groups excluding carboxylic acids is 1. The lowest BCUT2D eigenvalue weighted by Gasteiger charge is -2.11. The number of Topliss-reactive ketones (excluding diaryl/α,β-unsaturated/α-hetero) is 1. The molecule has 0 atom stereocenters. The van der Waals surface area contributed by atoms with Crippen LogP contribution in [0.15, 0.2) is 71.5 Å². The van der Waals surface area contributed by atoms with Gasteiger partial charge in [-0.3, -0.25) is 14.2 Å². The standard InChI is InChI=1S/C32H27N3O3/c1-4-34-29-12-10-23(17-26(29)27-18-24(21(3)36)11-13-30(27)34)16-25-20(2)28(19-33)32(38)35(31(25)37)15-14-22-8-6-5-7-9-22/h5-13,16-18,38H,2,4,14-15H2,1,3H3. The Morgan fingerprint density at radius 1 is 1.03 bits per heavy atom. The lowest BCUT2D eigenvalue weighted by Crippen LogP contribution is -2.46. The number of rotatable bonds is 6. The van der Waals surface area contributed by atoms with Crippen LogP contribution in [0.1, 0.15) is 40.9 Å². The van der Waals surface area contributed by atoms with E-state index in [1.54, 1.807) is 13.0 Å². The highest BCUT2D eigenvalue weighted by Crippen LogP contribution is 2.31. The van der Waals surface area contributed by atoms with E-state index in [0.29, 0.717) is 12.0 Å². The van der Waals surface area contributed by atoms with Crippen molar-refractivity contribution in [2.45, 2.75) is 33.4 Å². The quantitative estimate of drug-likeness (QED) is 0.353. The van der Waals surface area contributed by atoms with Gasteiger partial charge in [-0.05, 0) is 67.8 Å². The minimum atomic E-state index is -0.405. The number of pyridine rings is 1. The molecule has 0 spiro atoms. The zero-order valence-electron chi connectivity index (χ0n) is 21.4. The van der Waals surface area contributed by atoms with Crippen molar-refractivity contribution in [1.82, 2.24) is 9.13 Å². The lowest BCUT2D eigenvalue weighted by atomic mass is 10.0. The van der Waals surface area contributed by atoms with Crippen LogP contribution in [0.2, 0.25) is 0 Å². The number of aryl methyl sites for hydroxylation is 2. The van der Waals surface area contributed by atoms with Crippen LogP contribution in [0.5, 0.6) is 5.88 Å². The van der Waals surface area contributed by atoms with Crippen molar-refractivity contribution in [3.63, 3.8) is 0 Å². The number of aromatic hydroxyl groups is 1. The maximum Gasteiger partial charge on any atom is 0.261 e. The third-order valence-electron chi connectivity index (χ3n) is 7.08. The molecule has 0 radical (unpaired) electrons. The van der Waals surface area contributed by atoms with Gasteiger partial charge in [0.15, 0.2) is 5.78 Å².